The minimum atomic E-state index is -0.367. The molecule has 1 N–H and O–H groups in total. The van der Waals surface area contributed by atoms with Gasteiger partial charge in [0, 0.05) is 36.5 Å². The number of ether oxygens (including phenoxy) is 2. The predicted molar refractivity (Wildman–Crippen MR) is 110 cm³/mol. The van der Waals surface area contributed by atoms with Crippen LogP contribution in [0.1, 0.15) is 47.8 Å². The number of carbonyl (C=O) groups is 1. The van der Waals surface area contributed by atoms with Crippen molar-refractivity contribution in [3.8, 4) is 11.5 Å². The van der Waals surface area contributed by atoms with E-state index >= 15 is 0 Å². The minimum absolute atomic E-state index is 0.101. The summed E-state index contributed by atoms with van der Waals surface area (Å²) in [6.07, 6.45) is 6.13. The predicted octanol–water partition coefficient (Wildman–Crippen LogP) is 3.97. The van der Waals surface area contributed by atoms with Gasteiger partial charge in [0.05, 0.1) is 19.5 Å². The van der Waals surface area contributed by atoms with E-state index < -0.39 is 0 Å². The lowest BCUT2D eigenvalue weighted by Gasteiger charge is -2.38. The molecule has 0 aliphatic carbocycles. The van der Waals surface area contributed by atoms with Crippen LogP contribution in [0.25, 0.3) is 0 Å². The molecule has 4 rings (SSSR count). The molecule has 0 saturated heterocycles. The number of imidazole rings is 1. The number of nitrogens with zero attached hydrogens (tertiary/aromatic N) is 2. The van der Waals surface area contributed by atoms with Crippen LogP contribution in [0, 0.1) is 0 Å². The number of hydrogen-bond acceptors (Lipinski definition) is 4. The van der Waals surface area contributed by atoms with Crippen LogP contribution in [0.5, 0.6) is 11.5 Å². The molecule has 1 aromatic heterocycles. The van der Waals surface area contributed by atoms with E-state index in [-0.39, 0.29) is 17.6 Å². The number of rotatable bonds is 5. The smallest absolute Gasteiger partial charge is 0.251 e. The maximum absolute atomic E-state index is 12.9. The summed E-state index contributed by atoms with van der Waals surface area (Å²) in [5.74, 6) is 1.42. The van der Waals surface area contributed by atoms with Gasteiger partial charge in [0.2, 0.25) is 0 Å². The Morgan fingerprint density at radius 1 is 1.28 bits per heavy atom. The molecule has 1 aliphatic heterocycles. The van der Waals surface area contributed by atoms with Gasteiger partial charge < -0.3 is 19.4 Å². The second kappa shape index (κ2) is 7.62. The largest absolute Gasteiger partial charge is 0.497 e. The molecule has 1 amide bonds. The first-order valence-corrected chi connectivity index (χ1v) is 9.66. The van der Waals surface area contributed by atoms with Gasteiger partial charge in [0.25, 0.3) is 5.91 Å². The quantitative estimate of drug-likeness (QED) is 0.715. The van der Waals surface area contributed by atoms with Gasteiger partial charge >= 0.3 is 0 Å². The van der Waals surface area contributed by atoms with E-state index in [0.29, 0.717) is 12.0 Å². The summed E-state index contributed by atoms with van der Waals surface area (Å²) in [6.45, 7) is 4.79. The van der Waals surface area contributed by atoms with E-state index in [4.69, 9.17) is 9.47 Å². The van der Waals surface area contributed by atoms with Crippen LogP contribution in [0.2, 0.25) is 0 Å². The standard InChI is InChI=1S/C23H25N3O3/c1-23(2)13-20(19-12-18(28-3)8-9-21(19)29-23)25-22(27)17-6-4-16(5-7-17)14-26-11-10-24-15-26/h4-12,15,20H,13-14H2,1-3H3,(H,25,27). The molecule has 6 heteroatoms. The first kappa shape index (κ1) is 19.1. The molecule has 2 heterocycles. The zero-order valence-corrected chi connectivity index (χ0v) is 16.9. The van der Waals surface area contributed by atoms with E-state index in [1.807, 2.05) is 67.1 Å². The molecule has 1 unspecified atom stereocenters. The molecule has 0 fully saturated rings. The number of fused-ring (bicyclic) bond motifs is 1. The molecular formula is C23H25N3O3. The summed E-state index contributed by atoms with van der Waals surface area (Å²) < 4.78 is 13.4. The summed E-state index contributed by atoms with van der Waals surface area (Å²) in [6, 6.07) is 13.2. The number of nitrogens with one attached hydrogen (secondary N) is 1. The van der Waals surface area contributed by atoms with Crippen molar-refractivity contribution in [1.29, 1.82) is 0 Å². The zero-order valence-electron chi connectivity index (χ0n) is 16.9. The summed E-state index contributed by atoms with van der Waals surface area (Å²) in [5, 5.41) is 3.17. The monoisotopic (exact) mass is 391 g/mol. The zero-order chi connectivity index (χ0) is 20.4. The maximum Gasteiger partial charge on any atom is 0.251 e. The lowest BCUT2D eigenvalue weighted by atomic mass is 9.89. The molecule has 0 saturated carbocycles. The molecule has 29 heavy (non-hydrogen) atoms. The highest BCUT2D eigenvalue weighted by atomic mass is 16.5. The number of carbonyl (C=O) groups excluding carboxylic acids is 1. The molecule has 3 aromatic rings. The van der Waals surface area contributed by atoms with Gasteiger partial charge in [-0.05, 0) is 49.7 Å². The number of benzene rings is 2. The number of amides is 1. The third-order valence-corrected chi connectivity index (χ3v) is 5.12. The Morgan fingerprint density at radius 3 is 2.76 bits per heavy atom. The summed E-state index contributed by atoms with van der Waals surface area (Å²) in [5.41, 5.74) is 2.32. The number of aromatic nitrogens is 2. The Labute approximate surface area is 170 Å². The lowest BCUT2D eigenvalue weighted by molar-refractivity contribution is 0.0618. The van der Waals surface area contributed by atoms with E-state index in [9.17, 15) is 4.79 Å². The van der Waals surface area contributed by atoms with Gasteiger partial charge in [-0.1, -0.05) is 12.1 Å². The third-order valence-electron chi connectivity index (χ3n) is 5.12. The van der Waals surface area contributed by atoms with Crippen molar-refractivity contribution in [2.45, 2.75) is 38.5 Å². The summed E-state index contributed by atoms with van der Waals surface area (Å²) in [7, 11) is 1.63. The van der Waals surface area contributed by atoms with Crippen molar-refractivity contribution in [2.24, 2.45) is 0 Å². The second-order valence-corrected chi connectivity index (χ2v) is 7.93. The second-order valence-electron chi connectivity index (χ2n) is 7.93. The van der Waals surface area contributed by atoms with Gasteiger partial charge in [-0.15, -0.1) is 0 Å². The van der Waals surface area contributed by atoms with Crippen LogP contribution in [-0.4, -0.2) is 28.2 Å². The van der Waals surface area contributed by atoms with Crippen LogP contribution < -0.4 is 14.8 Å². The van der Waals surface area contributed by atoms with Crippen molar-refractivity contribution < 1.29 is 14.3 Å². The Bertz CT molecular complexity index is 995. The highest BCUT2D eigenvalue weighted by molar-refractivity contribution is 5.94. The Balaban J connectivity index is 1.52. The molecule has 6 nitrogen and oxygen atoms in total. The normalized spacial score (nSPS) is 17.1. The molecule has 1 atom stereocenters. The van der Waals surface area contributed by atoms with Crippen molar-refractivity contribution in [3.05, 3.63) is 77.9 Å². The van der Waals surface area contributed by atoms with E-state index in [0.717, 1.165) is 29.2 Å². The first-order valence-electron chi connectivity index (χ1n) is 9.66. The third kappa shape index (κ3) is 4.26. The number of methoxy groups -OCH3 is 1. The van der Waals surface area contributed by atoms with Crippen molar-refractivity contribution in [1.82, 2.24) is 14.9 Å². The summed E-state index contributed by atoms with van der Waals surface area (Å²) in [4.78, 5) is 17.0. The van der Waals surface area contributed by atoms with Crippen LogP contribution in [0.4, 0.5) is 0 Å². The lowest BCUT2D eigenvalue weighted by Crippen LogP contribution is -2.41. The van der Waals surface area contributed by atoms with Gasteiger partial charge in [0.1, 0.15) is 17.1 Å². The first-order chi connectivity index (χ1) is 13.9. The van der Waals surface area contributed by atoms with Crippen molar-refractivity contribution in [3.63, 3.8) is 0 Å². The van der Waals surface area contributed by atoms with Gasteiger partial charge in [-0.25, -0.2) is 4.98 Å². The molecular weight excluding hydrogens is 366 g/mol. The van der Waals surface area contributed by atoms with Crippen LogP contribution in [0.3, 0.4) is 0 Å². The molecule has 150 valence electrons. The number of hydrogen-bond donors (Lipinski definition) is 1. The Hall–Kier alpha value is -3.28. The van der Waals surface area contributed by atoms with Crippen LogP contribution in [0.15, 0.2) is 61.2 Å². The van der Waals surface area contributed by atoms with Crippen LogP contribution in [-0.2, 0) is 6.54 Å². The van der Waals surface area contributed by atoms with Gasteiger partial charge in [0.15, 0.2) is 0 Å². The fourth-order valence-electron chi connectivity index (χ4n) is 3.68. The molecule has 0 radical (unpaired) electrons. The van der Waals surface area contributed by atoms with Gasteiger partial charge in [-0.3, -0.25) is 4.79 Å². The maximum atomic E-state index is 12.9. The molecule has 2 aromatic carbocycles. The van der Waals surface area contributed by atoms with Gasteiger partial charge in [-0.2, -0.15) is 0 Å². The Morgan fingerprint density at radius 2 is 2.07 bits per heavy atom. The van der Waals surface area contributed by atoms with Crippen molar-refractivity contribution in [2.75, 3.05) is 7.11 Å². The fraction of sp³-hybridized carbons (Fsp3) is 0.304. The molecule has 1 aliphatic rings. The highest BCUT2D eigenvalue weighted by Gasteiger charge is 2.35. The molecule has 0 bridgehead atoms. The van der Waals surface area contributed by atoms with E-state index in [1.165, 1.54) is 0 Å². The average molecular weight is 391 g/mol. The highest BCUT2D eigenvalue weighted by Crippen LogP contribution is 2.41. The molecule has 0 spiro atoms. The SMILES string of the molecule is COc1ccc2c(c1)C(NC(=O)c1ccc(Cn3ccnc3)cc1)CC(C)(C)O2. The van der Waals surface area contributed by atoms with Crippen LogP contribution >= 0.6 is 0 Å². The minimum Gasteiger partial charge on any atom is -0.497 e. The fourth-order valence-corrected chi connectivity index (χ4v) is 3.68. The van der Waals surface area contributed by atoms with Crippen molar-refractivity contribution >= 4 is 5.91 Å². The Kier molecular flexibility index (Phi) is 5.01. The summed E-state index contributed by atoms with van der Waals surface area (Å²) >= 11 is 0. The average Bonchev–Trinajstić information content (AvgIpc) is 3.20. The van der Waals surface area contributed by atoms with E-state index in [1.54, 1.807) is 19.6 Å². The topological polar surface area (TPSA) is 65.4 Å². The van der Waals surface area contributed by atoms with E-state index in [2.05, 4.69) is 10.3 Å².